The molecule has 0 bridgehead atoms. The van der Waals surface area contributed by atoms with Gasteiger partial charge in [0.25, 0.3) is 5.91 Å². The molecule has 12 nitrogen and oxygen atoms in total. The largest absolute Gasteiger partial charge is 0.466 e. The predicted octanol–water partition coefficient (Wildman–Crippen LogP) is 4.97. The van der Waals surface area contributed by atoms with Gasteiger partial charge in [-0.3, -0.25) is 19.3 Å². The zero-order valence-electron chi connectivity index (χ0n) is 26.7. The molecular weight excluding hydrogens is 586 g/mol. The van der Waals surface area contributed by atoms with E-state index in [9.17, 15) is 14.4 Å². The van der Waals surface area contributed by atoms with E-state index in [-0.39, 0.29) is 43.3 Å². The van der Waals surface area contributed by atoms with E-state index in [1.54, 1.807) is 50.4 Å². The van der Waals surface area contributed by atoms with Crippen LogP contribution in [0.15, 0.2) is 71.9 Å². The number of imidazole rings is 1. The quantitative estimate of drug-likeness (QED) is 0.106. The third-order valence-electron chi connectivity index (χ3n) is 7.22. The summed E-state index contributed by atoms with van der Waals surface area (Å²) in [6.07, 6.45) is 3.04. The summed E-state index contributed by atoms with van der Waals surface area (Å²) in [6.45, 7) is 6.28. The third-order valence-corrected chi connectivity index (χ3v) is 7.22. The number of nitrogens with one attached hydrogen (secondary N) is 1. The van der Waals surface area contributed by atoms with E-state index >= 15 is 0 Å². The van der Waals surface area contributed by atoms with Crippen LogP contribution < -0.4 is 16.0 Å². The molecule has 1 amide bonds. The number of pyridine rings is 1. The summed E-state index contributed by atoms with van der Waals surface area (Å²) in [6, 6.07) is 18.1. The van der Waals surface area contributed by atoms with E-state index in [4.69, 9.17) is 20.2 Å². The molecule has 4 rings (SSSR count). The van der Waals surface area contributed by atoms with Gasteiger partial charge in [0.2, 0.25) is 0 Å². The van der Waals surface area contributed by atoms with E-state index in [2.05, 4.69) is 15.3 Å². The maximum Gasteiger partial charge on any atom is 0.307 e. The minimum atomic E-state index is -0.668. The first kappa shape index (κ1) is 33.6. The first-order valence-corrected chi connectivity index (χ1v) is 15.4. The molecule has 46 heavy (non-hydrogen) atoms. The Morgan fingerprint density at radius 1 is 1.02 bits per heavy atom. The van der Waals surface area contributed by atoms with Crippen LogP contribution in [0.3, 0.4) is 0 Å². The second-order valence-corrected chi connectivity index (χ2v) is 10.6. The number of amidine groups is 1. The molecule has 0 saturated heterocycles. The third kappa shape index (κ3) is 8.90. The van der Waals surface area contributed by atoms with Crippen molar-refractivity contribution in [1.29, 1.82) is 0 Å². The molecule has 0 aliphatic carbocycles. The van der Waals surface area contributed by atoms with Gasteiger partial charge in [0.15, 0.2) is 6.23 Å². The molecule has 3 N–H and O–H groups in total. The number of rotatable bonds is 15. The summed E-state index contributed by atoms with van der Waals surface area (Å²) < 4.78 is 12.3. The molecule has 2 aromatic heterocycles. The van der Waals surface area contributed by atoms with Crippen molar-refractivity contribution in [2.24, 2.45) is 17.8 Å². The molecule has 2 aromatic carbocycles. The van der Waals surface area contributed by atoms with E-state index < -0.39 is 6.23 Å². The van der Waals surface area contributed by atoms with Crippen molar-refractivity contribution in [3.63, 3.8) is 0 Å². The van der Waals surface area contributed by atoms with Gasteiger partial charge in [0, 0.05) is 43.0 Å². The number of nitrogens with two attached hydrogens (primary N) is 1. The van der Waals surface area contributed by atoms with Crippen LogP contribution in [-0.4, -0.2) is 57.6 Å². The number of aromatic nitrogens is 3. The topological polar surface area (TPSA) is 154 Å². The zero-order valence-corrected chi connectivity index (χ0v) is 26.7. The van der Waals surface area contributed by atoms with Gasteiger partial charge in [0.1, 0.15) is 17.5 Å². The van der Waals surface area contributed by atoms with Gasteiger partial charge < -0.3 is 25.1 Å². The lowest BCUT2D eigenvalue weighted by molar-refractivity contribution is -0.148. The fraction of sp³-hybridized carbons (Fsp3) is 0.353. The Morgan fingerprint density at radius 3 is 2.48 bits per heavy atom. The van der Waals surface area contributed by atoms with Gasteiger partial charge >= 0.3 is 11.9 Å². The average Bonchev–Trinajstić information content (AvgIpc) is 3.37. The standard InChI is InChI=1S/C34H41N7O5/c1-5-7-11-32(43)46-23(3)38-33(35)24-12-15-26(16-13-24)37-22-30-39-27-21-25(14-17-28(27)40(30)4)34(44)41(20-18-31(42)45-6-2)29-10-8-9-19-36-29/h8-10,12-17,19,21,23,37H,5-7,11,18,20,22H2,1-4H3,(H2,35,38). The number of fused-ring (bicyclic) bond motifs is 1. The molecule has 12 heteroatoms. The lowest BCUT2D eigenvalue weighted by atomic mass is 10.1. The first-order valence-electron chi connectivity index (χ1n) is 15.4. The number of benzene rings is 2. The monoisotopic (exact) mass is 627 g/mol. The number of aryl methyl sites for hydroxylation is 1. The highest BCUT2D eigenvalue weighted by atomic mass is 16.6. The smallest absolute Gasteiger partial charge is 0.307 e. The van der Waals surface area contributed by atoms with Crippen LogP contribution in [0.1, 0.15) is 68.2 Å². The van der Waals surface area contributed by atoms with Gasteiger partial charge in [-0.1, -0.05) is 19.4 Å². The molecule has 0 radical (unpaired) electrons. The Hall–Kier alpha value is -5.26. The Labute approximate surface area is 268 Å². The van der Waals surface area contributed by atoms with Crippen molar-refractivity contribution in [2.75, 3.05) is 23.4 Å². The summed E-state index contributed by atoms with van der Waals surface area (Å²) in [5, 5.41) is 3.37. The number of unbranched alkanes of at least 4 members (excludes halogenated alkanes) is 1. The summed E-state index contributed by atoms with van der Waals surface area (Å²) in [5.41, 5.74) is 9.68. The summed E-state index contributed by atoms with van der Waals surface area (Å²) in [7, 11) is 1.92. The molecule has 0 fully saturated rings. The number of esters is 2. The van der Waals surface area contributed by atoms with Crippen LogP contribution in [0.5, 0.6) is 0 Å². The van der Waals surface area contributed by atoms with E-state index in [1.165, 1.54) is 4.90 Å². The molecule has 0 spiro atoms. The number of amides is 1. The van der Waals surface area contributed by atoms with Gasteiger partial charge in [-0.05, 0) is 74.9 Å². The molecule has 1 atom stereocenters. The Morgan fingerprint density at radius 2 is 1.78 bits per heavy atom. The SMILES string of the molecule is CCCCC(=O)OC(C)/N=C(\N)c1ccc(NCc2nc3cc(C(=O)N(CCC(=O)OCC)c4ccccn4)ccc3n2C)cc1. The van der Waals surface area contributed by atoms with E-state index in [0.717, 1.165) is 29.9 Å². The number of anilines is 2. The average molecular weight is 628 g/mol. The van der Waals surface area contributed by atoms with Crippen molar-refractivity contribution < 1.29 is 23.9 Å². The first-order chi connectivity index (χ1) is 22.2. The van der Waals surface area contributed by atoms with Crippen molar-refractivity contribution >= 4 is 46.2 Å². The fourth-order valence-corrected chi connectivity index (χ4v) is 4.77. The lowest BCUT2D eigenvalue weighted by Crippen LogP contribution is -2.34. The number of aliphatic imine (C=N–C) groups is 1. The molecule has 0 aliphatic rings. The molecule has 2 heterocycles. The molecule has 1 unspecified atom stereocenters. The molecular formula is C34H41N7O5. The van der Waals surface area contributed by atoms with Crippen LogP contribution in [0, 0.1) is 0 Å². The number of hydrogen-bond donors (Lipinski definition) is 2. The number of carbonyl (C=O) groups is 3. The Balaban J connectivity index is 1.43. The molecule has 242 valence electrons. The second-order valence-electron chi connectivity index (χ2n) is 10.6. The molecule has 4 aromatic rings. The Kier molecular flexibility index (Phi) is 11.8. The minimum absolute atomic E-state index is 0.0475. The zero-order chi connectivity index (χ0) is 33.1. The van der Waals surface area contributed by atoms with Crippen molar-refractivity contribution in [1.82, 2.24) is 14.5 Å². The molecule has 0 aliphatic heterocycles. The summed E-state index contributed by atoms with van der Waals surface area (Å²) in [4.78, 5) is 52.4. The maximum absolute atomic E-state index is 13.6. The van der Waals surface area contributed by atoms with Gasteiger partial charge in [-0.2, -0.15) is 0 Å². The number of ether oxygens (including phenoxy) is 2. The number of hydrogen-bond acceptors (Lipinski definition) is 9. The van der Waals surface area contributed by atoms with Crippen LogP contribution >= 0.6 is 0 Å². The van der Waals surface area contributed by atoms with Crippen LogP contribution in [-0.2, 0) is 32.7 Å². The van der Waals surface area contributed by atoms with Crippen LogP contribution in [0.4, 0.5) is 11.5 Å². The van der Waals surface area contributed by atoms with Crippen LogP contribution in [0.25, 0.3) is 11.0 Å². The fourth-order valence-electron chi connectivity index (χ4n) is 4.77. The van der Waals surface area contributed by atoms with Gasteiger partial charge in [0.05, 0.1) is 30.6 Å². The number of carbonyl (C=O) groups excluding carboxylic acids is 3. The second kappa shape index (κ2) is 16.2. The summed E-state index contributed by atoms with van der Waals surface area (Å²) >= 11 is 0. The lowest BCUT2D eigenvalue weighted by Gasteiger charge is -2.21. The van der Waals surface area contributed by atoms with Crippen molar-refractivity contribution in [3.05, 3.63) is 83.8 Å². The predicted molar refractivity (Wildman–Crippen MR) is 177 cm³/mol. The normalized spacial score (nSPS) is 12.0. The van der Waals surface area contributed by atoms with E-state index in [0.29, 0.717) is 35.4 Å². The van der Waals surface area contributed by atoms with Gasteiger partial charge in [-0.25, -0.2) is 15.0 Å². The van der Waals surface area contributed by atoms with E-state index in [1.807, 2.05) is 48.9 Å². The van der Waals surface area contributed by atoms with Crippen molar-refractivity contribution in [3.8, 4) is 0 Å². The van der Waals surface area contributed by atoms with Crippen molar-refractivity contribution in [2.45, 2.75) is 59.2 Å². The van der Waals surface area contributed by atoms with Crippen LogP contribution in [0.2, 0.25) is 0 Å². The summed E-state index contributed by atoms with van der Waals surface area (Å²) in [5.74, 6) is 0.546. The van der Waals surface area contributed by atoms with Gasteiger partial charge in [-0.15, -0.1) is 0 Å². The molecule has 0 saturated carbocycles. The Bertz CT molecular complexity index is 1670. The highest BCUT2D eigenvalue weighted by Crippen LogP contribution is 2.21. The maximum atomic E-state index is 13.6. The number of nitrogens with zero attached hydrogens (tertiary/aromatic N) is 5. The highest BCUT2D eigenvalue weighted by Gasteiger charge is 2.21. The highest BCUT2D eigenvalue weighted by molar-refractivity contribution is 6.07. The minimum Gasteiger partial charge on any atom is -0.466 e.